The highest BCUT2D eigenvalue weighted by molar-refractivity contribution is 7.90. The van der Waals surface area contributed by atoms with Gasteiger partial charge in [-0.2, -0.15) is 4.98 Å². The Hall–Kier alpha value is -2.19. The highest BCUT2D eigenvalue weighted by Gasteiger charge is 2.33. The van der Waals surface area contributed by atoms with E-state index in [2.05, 4.69) is 15.1 Å². The van der Waals surface area contributed by atoms with E-state index in [9.17, 15) is 8.42 Å². The predicted molar refractivity (Wildman–Crippen MR) is 94.3 cm³/mol. The van der Waals surface area contributed by atoms with Gasteiger partial charge in [-0.1, -0.05) is 16.8 Å². The van der Waals surface area contributed by atoms with Crippen molar-refractivity contribution in [1.82, 2.24) is 15.1 Å². The lowest BCUT2D eigenvalue weighted by atomic mass is 10.2. The molecular weight excluding hydrogens is 378 g/mol. The van der Waals surface area contributed by atoms with Crippen molar-refractivity contribution in [1.29, 1.82) is 0 Å². The number of hydrogen-bond acceptors (Lipinski definition) is 7. The minimum atomic E-state index is -3.57. The molecule has 1 atom stereocenters. The summed E-state index contributed by atoms with van der Waals surface area (Å²) in [5.74, 6) is 1.09. The van der Waals surface area contributed by atoms with Gasteiger partial charge in [0.05, 0.1) is 11.4 Å². The quantitative estimate of drug-likeness (QED) is 0.625. The summed E-state index contributed by atoms with van der Waals surface area (Å²) < 4.78 is 35.9. The Kier molecular flexibility index (Phi) is 4.32. The molecule has 3 aromatic rings. The Balaban J connectivity index is 1.50. The summed E-state index contributed by atoms with van der Waals surface area (Å²) in [6, 6.07) is 6.94. The van der Waals surface area contributed by atoms with Crippen LogP contribution in [-0.4, -0.2) is 23.5 Å². The third-order valence-corrected chi connectivity index (χ3v) is 6.51. The highest BCUT2D eigenvalue weighted by atomic mass is 35.5. The van der Waals surface area contributed by atoms with E-state index in [1.165, 1.54) is 6.26 Å². The van der Waals surface area contributed by atoms with Crippen LogP contribution in [0.3, 0.4) is 0 Å². The zero-order valence-electron chi connectivity index (χ0n) is 13.9. The van der Waals surface area contributed by atoms with Crippen LogP contribution in [0, 0.1) is 0 Å². The van der Waals surface area contributed by atoms with E-state index >= 15 is 0 Å². The van der Waals surface area contributed by atoms with E-state index in [0.29, 0.717) is 28.3 Å². The monoisotopic (exact) mass is 393 g/mol. The third kappa shape index (κ3) is 3.52. The standard InChI is InChI=1S/C17H16ClN3O4S/c1-10(16-20-15(21-25-16)11-2-3-11)26(22,23)9-14-8-24-17(19-14)12-4-6-13(18)7-5-12/h4-8,10-11H,2-3,9H2,1H3/t10-/m0/s1. The van der Waals surface area contributed by atoms with Crippen molar-refractivity contribution in [2.24, 2.45) is 0 Å². The normalized spacial score (nSPS) is 15.9. The molecule has 1 fully saturated rings. The second-order valence-corrected chi connectivity index (χ2v) is 9.12. The molecule has 1 saturated carbocycles. The molecule has 0 saturated heterocycles. The van der Waals surface area contributed by atoms with Crippen molar-refractivity contribution in [3.05, 3.63) is 53.0 Å². The Bertz CT molecular complexity index is 1020. The lowest BCUT2D eigenvalue weighted by Gasteiger charge is -2.06. The first-order valence-corrected chi connectivity index (χ1v) is 10.3. The number of nitrogens with zero attached hydrogens (tertiary/aromatic N) is 3. The van der Waals surface area contributed by atoms with E-state index in [1.54, 1.807) is 31.2 Å². The van der Waals surface area contributed by atoms with Crippen LogP contribution in [0.25, 0.3) is 11.5 Å². The number of hydrogen-bond donors (Lipinski definition) is 0. The summed E-state index contributed by atoms with van der Waals surface area (Å²) in [7, 11) is -3.57. The molecule has 7 nitrogen and oxygen atoms in total. The van der Waals surface area contributed by atoms with Crippen LogP contribution < -0.4 is 0 Å². The average Bonchev–Trinajstić information content (AvgIpc) is 3.16. The first-order chi connectivity index (χ1) is 12.4. The maximum absolute atomic E-state index is 12.7. The van der Waals surface area contributed by atoms with E-state index in [0.717, 1.165) is 18.4 Å². The molecule has 0 amide bonds. The molecular formula is C17H16ClN3O4S. The molecule has 0 N–H and O–H groups in total. The molecule has 26 heavy (non-hydrogen) atoms. The summed E-state index contributed by atoms with van der Waals surface area (Å²) >= 11 is 5.86. The molecule has 4 rings (SSSR count). The first-order valence-electron chi connectivity index (χ1n) is 8.18. The fourth-order valence-electron chi connectivity index (χ4n) is 2.50. The van der Waals surface area contributed by atoms with Gasteiger partial charge in [0.25, 0.3) is 0 Å². The molecule has 0 unspecified atom stereocenters. The maximum atomic E-state index is 12.7. The van der Waals surface area contributed by atoms with Crippen molar-refractivity contribution in [3.63, 3.8) is 0 Å². The summed E-state index contributed by atoms with van der Waals surface area (Å²) in [4.78, 5) is 8.49. The number of halogens is 1. The van der Waals surface area contributed by atoms with E-state index < -0.39 is 15.1 Å². The highest BCUT2D eigenvalue weighted by Crippen LogP contribution is 2.39. The SMILES string of the molecule is C[C@@H](c1nc(C2CC2)no1)S(=O)(=O)Cc1coc(-c2ccc(Cl)cc2)n1. The van der Waals surface area contributed by atoms with E-state index in [4.69, 9.17) is 20.5 Å². The van der Waals surface area contributed by atoms with Gasteiger partial charge in [0, 0.05) is 16.5 Å². The van der Waals surface area contributed by atoms with Gasteiger partial charge < -0.3 is 8.94 Å². The zero-order chi connectivity index (χ0) is 18.3. The zero-order valence-corrected chi connectivity index (χ0v) is 15.5. The largest absolute Gasteiger partial charge is 0.444 e. The summed E-state index contributed by atoms with van der Waals surface area (Å²) in [5.41, 5.74) is 1.04. The minimum Gasteiger partial charge on any atom is -0.444 e. The fourth-order valence-corrected chi connectivity index (χ4v) is 3.83. The topological polar surface area (TPSA) is 99.1 Å². The lowest BCUT2D eigenvalue weighted by molar-refractivity contribution is 0.371. The van der Waals surface area contributed by atoms with Crippen molar-refractivity contribution < 1.29 is 17.4 Å². The molecule has 1 aromatic carbocycles. The van der Waals surface area contributed by atoms with Gasteiger partial charge in [0.1, 0.15) is 11.5 Å². The van der Waals surface area contributed by atoms with Crippen LogP contribution in [0.4, 0.5) is 0 Å². The average molecular weight is 394 g/mol. The molecule has 9 heteroatoms. The van der Waals surface area contributed by atoms with Gasteiger partial charge in [-0.25, -0.2) is 13.4 Å². The van der Waals surface area contributed by atoms with Gasteiger partial charge >= 0.3 is 0 Å². The van der Waals surface area contributed by atoms with Gasteiger partial charge in [0.2, 0.25) is 11.8 Å². The number of oxazole rings is 1. The molecule has 0 aliphatic heterocycles. The number of benzene rings is 1. The Morgan fingerprint density at radius 3 is 2.65 bits per heavy atom. The molecule has 1 aliphatic carbocycles. The first kappa shape index (κ1) is 17.2. The van der Waals surface area contributed by atoms with Crippen molar-refractivity contribution in [2.75, 3.05) is 0 Å². The van der Waals surface area contributed by atoms with Gasteiger partial charge in [-0.05, 0) is 44.0 Å². The smallest absolute Gasteiger partial charge is 0.244 e. The van der Waals surface area contributed by atoms with Crippen LogP contribution in [0.1, 0.15) is 48.3 Å². The Morgan fingerprint density at radius 2 is 1.96 bits per heavy atom. The maximum Gasteiger partial charge on any atom is 0.244 e. The van der Waals surface area contributed by atoms with Crippen LogP contribution >= 0.6 is 11.6 Å². The lowest BCUT2D eigenvalue weighted by Crippen LogP contribution is -2.13. The van der Waals surface area contributed by atoms with Crippen molar-refractivity contribution >= 4 is 21.4 Å². The fraction of sp³-hybridized carbons (Fsp3) is 0.353. The predicted octanol–water partition coefficient (Wildman–Crippen LogP) is 3.93. The van der Waals surface area contributed by atoms with E-state index in [1.807, 2.05) is 0 Å². The van der Waals surface area contributed by atoms with Gasteiger partial charge in [-0.3, -0.25) is 0 Å². The molecule has 0 radical (unpaired) electrons. The van der Waals surface area contributed by atoms with Crippen LogP contribution in [-0.2, 0) is 15.6 Å². The molecule has 0 bridgehead atoms. The van der Waals surface area contributed by atoms with Crippen molar-refractivity contribution in [3.8, 4) is 11.5 Å². The van der Waals surface area contributed by atoms with Gasteiger partial charge in [-0.15, -0.1) is 0 Å². The van der Waals surface area contributed by atoms with Crippen LogP contribution in [0.15, 0.2) is 39.5 Å². The summed E-state index contributed by atoms with van der Waals surface area (Å²) in [5, 5.41) is 3.57. The molecule has 0 spiro atoms. The third-order valence-electron chi connectivity index (χ3n) is 4.28. The Morgan fingerprint density at radius 1 is 1.23 bits per heavy atom. The number of rotatable bonds is 6. The minimum absolute atomic E-state index is 0.119. The van der Waals surface area contributed by atoms with Crippen LogP contribution in [0.2, 0.25) is 5.02 Å². The second-order valence-electron chi connectivity index (χ2n) is 6.37. The summed E-state index contributed by atoms with van der Waals surface area (Å²) in [6.45, 7) is 1.54. The molecule has 136 valence electrons. The number of aromatic nitrogens is 3. The van der Waals surface area contributed by atoms with E-state index in [-0.39, 0.29) is 11.6 Å². The molecule has 2 aromatic heterocycles. The number of sulfone groups is 1. The molecule has 2 heterocycles. The second kappa shape index (κ2) is 6.51. The van der Waals surface area contributed by atoms with Gasteiger partial charge in [0.15, 0.2) is 15.7 Å². The summed E-state index contributed by atoms with van der Waals surface area (Å²) in [6.07, 6.45) is 3.39. The van der Waals surface area contributed by atoms with Crippen molar-refractivity contribution in [2.45, 2.75) is 36.7 Å². The van der Waals surface area contributed by atoms with Crippen LogP contribution in [0.5, 0.6) is 0 Å². The Labute approximate surface area is 155 Å². The molecule has 1 aliphatic rings.